The van der Waals surface area contributed by atoms with Crippen LogP contribution >= 0.6 is 12.2 Å². The second-order valence-electron chi connectivity index (χ2n) is 3.34. The molecule has 0 saturated carbocycles. The summed E-state index contributed by atoms with van der Waals surface area (Å²) in [4.78, 5) is 21.2. The van der Waals surface area contributed by atoms with Gasteiger partial charge in [-0.1, -0.05) is 12.2 Å². The van der Waals surface area contributed by atoms with Crippen molar-refractivity contribution < 1.29 is 9.53 Å². The van der Waals surface area contributed by atoms with Crippen molar-refractivity contribution in [3.63, 3.8) is 0 Å². The number of anilines is 1. The number of methoxy groups -OCH3 is 1. The van der Waals surface area contributed by atoms with Gasteiger partial charge in [0.1, 0.15) is 10.7 Å². The number of esters is 1. The van der Waals surface area contributed by atoms with Crippen molar-refractivity contribution in [2.24, 2.45) is 5.73 Å². The molecule has 0 aliphatic rings. The highest BCUT2D eigenvalue weighted by Crippen LogP contribution is 2.13. The van der Waals surface area contributed by atoms with Crippen LogP contribution in [-0.4, -0.2) is 41.6 Å². The van der Waals surface area contributed by atoms with E-state index in [4.69, 9.17) is 18.0 Å². The van der Waals surface area contributed by atoms with Crippen molar-refractivity contribution in [3.05, 3.63) is 18.1 Å². The second-order valence-corrected chi connectivity index (χ2v) is 3.78. The van der Waals surface area contributed by atoms with Gasteiger partial charge in [0.2, 0.25) is 0 Å². The molecule has 0 aliphatic carbocycles. The maximum Gasteiger partial charge on any atom is 0.307 e. The quantitative estimate of drug-likeness (QED) is 0.590. The molecule has 0 radical (unpaired) electrons. The van der Waals surface area contributed by atoms with Crippen molar-refractivity contribution in [3.8, 4) is 0 Å². The molecule has 0 aliphatic heterocycles. The third-order valence-corrected chi connectivity index (χ3v) is 2.35. The Morgan fingerprint density at radius 2 is 2.18 bits per heavy atom. The molecule has 1 rings (SSSR count). The molecule has 0 unspecified atom stereocenters. The van der Waals surface area contributed by atoms with Gasteiger partial charge in [0.15, 0.2) is 5.82 Å². The van der Waals surface area contributed by atoms with Crippen molar-refractivity contribution in [2.45, 2.75) is 6.42 Å². The number of carbonyl (C=O) groups is 1. The normalized spacial score (nSPS) is 9.76. The topological polar surface area (TPSA) is 81.3 Å². The number of aromatic nitrogens is 2. The largest absolute Gasteiger partial charge is 0.469 e. The summed E-state index contributed by atoms with van der Waals surface area (Å²) in [6.45, 7) is 0.459. The van der Waals surface area contributed by atoms with Crippen LogP contribution in [0.4, 0.5) is 5.82 Å². The maximum absolute atomic E-state index is 11.0. The van der Waals surface area contributed by atoms with E-state index < -0.39 is 0 Å². The highest BCUT2D eigenvalue weighted by molar-refractivity contribution is 7.80. The van der Waals surface area contributed by atoms with Crippen LogP contribution in [0.5, 0.6) is 0 Å². The molecular weight excluding hydrogens is 240 g/mol. The third-order valence-electron chi connectivity index (χ3n) is 2.15. The van der Waals surface area contributed by atoms with E-state index in [9.17, 15) is 4.79 Å². The molecule has 0 atom stereocenters. The number of carbonyl (C=O) groups excluding carboxylic acids is 1. The van der Waals surface area contributed by atoms with Gasteiger partial charge in [0.25, 0.3) is 0 Å². The molecule has 0 bridgehead atoms. The highest BCUT2D eigenvalue weighted by Gasteiger charge is 2.13. The summed E-state index contributed by atoms with van der Waals surface area (Å²) in [5.41, 5.74) is 6.00. The predicted molar refractivity (Wildman–Crippen MR) is 67.8 cm³/mol. The van der Waals surface area contributed by atoms with E-state index in [0.717, 1.165) is 0 Å². The summed E-state index contributed by atoms with van der Waals surface area (Å²) in [5.74, 6) is 0.279. The van der Waals surface area contributed by atoms with Gasteiger partial charge in [-0.2, -0.15) is 0 Å². The molecule has 6 nitrogen and oxygen atoms in total. The van der Waals surface area contributed by atoms with Gasteiger partial charge in [0.05, 0.1) is 13.5 Å². The van der Waals surface area contributed by atoms with E-state index >= 15 is 0 Å². The minimum atomic E-state index is -0.280. The molecule has 1 heterocycles. The lowest BCUT2D eigenvalue weighted by atomic mass is 10.3. The van der Waals surface area contributed by atoms with Gasteiger partial charge in [-0.3, -0.25) is 4.79 Å². The molecule has 7 heteroatoms. The first kappa shape index (κ1) is 13.3. The zero-order valence-corrected chi connectivity index (χ0v) is 10.5. The van der Waals surface area contributed by atoms with Crippen molar-refractivity contribution in [1.29, 1.82) is 0 Å². The number of thiocarbonyl (C=S) groups is 1. The van der Waals surface area contributed by atoms with Gasteiger partial charge in [-0.25, -0.2) is 9.97 Å². The highest BCUT2D eigenvalue weighted by atomic mass is 32.1. The average Bonchev–Trinajstić information content (AvgIpc) is 2.35. The Morgan fingerprint density at radius 1 is 1.53 bits per heavy atom. The molecule has 0 amide bonds. The number of nitrogens with two attached hydrogens (primary N) is 1. The first-order valence-corrected chi connectivity index (χ1v) is 5.36. The Bertz CT molecular complexity index is 425. The van der Waals surface area contributed by atoms with E-state index in [-0.39, 0.29) is 17.4 Å². The lowest BCUT2D eigenvalue weighted by Crippen LogP contribution is -2.26. The number of ether oxygens (including phenoxy) is 1. The van der Waals surface area contributed by atoms with Gasteiger partial charge >= 0.3 is 5.97 Å². The Kier molecular flexibility index (Phi) is 4.77. The van der Waals surface area contributed by atoms with Crippen LogP contribution in [0.3, 0.4) is 0 Å². The number of rotatable bonds is 5. The van der Waals surface area contributed by atoms with Crippen LogP contribution in [0.2, 0.25) is 0 Å². The Hall–Kier alpha value is -1.76. The number of hydrogen-bond donors (Lipinski definition) is 1. The zero-order chi connectivity index (χ0) is 12.8. The van der Waals surface area contributed by atoms with Gasteiger partial charge in [-0.05, 0) is 0 Å². The van der Waals surface area contributed by atoms with Gasteiger partial charge in [0, 0.05) is 26.0 Å². The molecule has 0 fully saturated rings. The van der Waals surface area contributed by atoms with E-state index in [1.165, 1.54) is 13.3 Å². The average molecular weight is 254 g/mol. The summed E-state index contributed by atoms with van der Waals surface area (Å²) in [5, 5.41) is 0. The van der Waals surface area contributed by atoms with Crippen molar-refractivity contribution in [1.82, 2.24) is 9.97 Å². The zero-order valence-electron chi connectivity index (χ0n) is 9.71. The lowest BCUT2D eigenvalue weighted by molar-refractivity contribution is -0.140. The predicted octanol–water partition coefficient (Wildman–Crippen LogP) is 0.110. The fourth-order valence-corrected chi connectivity index (χ4v) is 1.39. The summed E-state index contributed by atoms with van der Waals surface area (Å²) < 4.78 is 4.56. The minimum Gasteiger partial charge on any atom is -0.469 e. The molecule has 2 N–H and O–H groups in total. The van der Waals surface area contributed by atoms with Gasteiger partial charge in [-0.15, -0.1) is 0 Å². The van der Waals surface area contributed by atoms with Crippen molar-refractivity contribution >= 4 is 29.0 Å². The molecule has 1 aromatic rings. The summed E-state index contributed by atoms with van der Waals surface area (Å²) in [7, 11) is 3.14. The molecule has 0 spiro atoms. The number of nitrogens with zero attached hydrogens (tertiary/aromatic N) is 3. The lowest BCUT2D eigenvalue weighted by Gasteiger charge is -2.19. The van der Waals surface area contributed by atoms with Crippen LogP contribution in [0, 0.1) is 0 Å². The smallest absolute Gasteiger partial charge is 0.307 e. The first-order valence-electron chi connectivity index (χ1n) is 4.95. The maximum atomic E-state index is 11.0. The van der Waals surface area contributed by atoms with E-state index in [0.29, 0.717) is 18.1 Å². The van der Waals surface area contributed by atoms with Crippen LogP contribution < -0.4 is 10.6 Å². The van der Waals surface area contributed by atoms with E-state index in [2.05, 4.69) is 14.7 Å². The molecule has 17 heavy (non-hydrogen) atoms. The molecule has 0 saturated heterocycles. The second kappa shape index (κ2) is 6.09. The molecule has 92 valence electrons. The Labute approximate surface area is 105 Å². The Balaban J connectivity index is 2.78. The van der Waals surface area contributed by atoms with Crippen LogP contribution in [0.1, 0.15) is 12.1 Å². The number of hydrogen-bond acceptors (Lipinski definition) is 6. The fourth-order valence-electron chi connectivity index (χ4n) is 1.25. The van der Waals surface area contributed by atoms with E-state index in [1.807, 2.05) is 0 Å². The third kappa shape index (κ3) is 3.63. The first-order chi connectivity index (χ1) is 8.06. The van der Waals surface area contributed by atoms with Crippen LogP contribution in [0.25, 0.3) is 0 Å². The molecule has 1 aromatic heterocycles. The van der Waals surface area contributed by atoms with E-state index in [1.54, 1.807) is 18.1 Å². The SMILES string of the molecule is COC(=O)CCN(C)c1nccnc1C(N)=S. The standard InChI is InChI=1S/C10H14N4O2S/c1-14(6-3-7(15)16-2)10-8(9(11)17)12-4-5-13-10/h4-5H,3,6H2,1-2H3,(H2,11,17). The summed E-state index contributed by atoms with van der Waals surface area (Å²) >= 11 is 4.88. The Morgan fingerprint density at radius 3 is 2.76 bits per heavy atom. The van der Waals surface area contributed by atoms with Crippen molar-refractivity contribution in [2.75, 3.05) is 25.6 Å². The van der Waals surface area contributed by atoms with Gasteiger partial charge < -0.3 is 15.4 Å². The minimum absolute atomic E-state index is 0.179. The molecular formula is C10H14N4O2S. The molecule has 0 aromatic carbocycles. The van der Waals surface area contributed by atoms with Crippen LogP contribution in [0.15, 0.2) is 12.4 Å². The van der Waals surface area contributed by atoms with Crippen LogP contribution in [-0.2, 0) is 9.53 Å². The fraction of sp³-hybridized carbons (Fsp3) is 0.400. The summed E-state index contributed by atoms with van der Waals surface area (Å²) in [6.07, 6.45) is 3.33. The summed E-state index contributed by atoms with van der Waals surface area (Å²) in [6, 6.07) is 0. The monoisotopic (exact) mass is 254 g/mol.